The molecule has 2 N–H and O–H groups in total. The second-order valence-corrected chi connectivity index (χ2v) is 6.12. The van der Waals surface area contributed by atoms with Crippen LogP contribution in [0.3, 0.4) is 0 Å². The van der Waals surface area contributed by atoms with Crippen LogP contribution in [0.1, 0.15) is 0 Å². The first kappa shape index (κ1) is 15.2. The lowest BCUT2D eigenvalue weighted by Crippen LogP contribution is -2.37. The number of aromatic nitrogens is 4. The Labute approximate surface area is 144 Å². The molecule has 0 bridgehead atoms. The lowest BCUT2D eigenvalue weighted by molar-refractivity contribution is 0.122. The third kappa shape index (κ3) is 2.55. The minimum Gasteiger partial charge on any atom is -0.383 e. The average molecular weight is 345 g/mol. The molecule has 4 rings (SSSR count). The van der Waals surface area contributed by atoms with Gasteiger partial charge in [-0.05, 0) is 12.1 Å². The van der Waals surface area contributed by atoms with Crippen molar-refractivity contribution < 1.29 is 4.74 Å². The summed E-state index contributed by atoms with van der Waals surface area (Å²) in [4.78, 5) is 11.5. The molecular weight excluding hydrogens is 328 g/mol. The van der Waals surface area contributed by atoms with Crippen LogP contribution in [0, 0.1) is 0 Å². The second-order valence-electron chi connectivity index (χ2n) is 5.69. The third-order valence-corrected chi connectivity index (χ3v) is 4.39. The van der Waals surface area contributed by atoms with Crippen molar-refractivity contribution in [2.75, 3.05) is 36.9 Å². The number of fused-ring (bicyclic) bond motifs is 1. The smallest absolute Gasteiger partial charge is 0.228 e. The van der Waals surface area contributed by atoms with E-state index in [4.69, 9.17) is 27.1 Å². The average Bonchev–Trinajstić information content (AvgIpc) is 2.90. The van der Waals surface area contributed by atoms with Gasteiger partial charge in [0.25, 0.3) is 0 Å². The van der Waals surface area contributed by atoms with Crippen LogP contribution >= 0.6 is 11.6 Å². The molecular formula is C16H17ClN6O. The van der Waals surface area contributed by atoms with Gasteiger partial charge in [-0.15, -0.1) is 0 Å². The highest BCUT2D eigenvalue weighted by Gasteiger charge is 2.21. The van der Waals surface area contributed by atoms with Crippen molar-refractivity contribution in [3.63, 3.8) is 0 Å². The number of nitrogens with zero attached hydrogens (tertiary/aromatic N) is 5. The molecule has 1 aliphatic heterocycles. The van der Waals surface area contributed by atoms with E-state index in [0.717, 1.165) is 29.7 Å². The molecule has 0 radical (unpaired) electrons. The SMILES string of the molecule is Cn1nc2nc(N3CCOCC3)nc(-c3ccc(Cl)cc3)c2c1N. The Hall–Kier alpha value is -2.38. The Balaban J connectivity index is 1.92. The topological polar surface area (TPSA) is 82.1 Å². The fourth-order valence-corrected chi connectivity index (χ4v) is 2.95. The minimum atomic E-state index is 0.545. The van der Waals surface area contributed by atoms with Crippen LogP contribution in [0.25, 0.3) is 22.3 Å². The van der Waals surface area contributed by atoms with Crippen LogP contribution in [0.5, 0.6) is 0 Å². The van der Waals surface area contributed by atoms with Crippen LogP contribution in [0.2, 0.25) is 5.02 Å². The molecule has 1 saturated heterocycles. The van der Waals surface area contributed by atoms with Gasteiger partial charge in [-0.2, -0.15) is 10.1 Å². The molecule has 0 atom stereocenters. The molecule has 124 valence electrons. The number of nitrogen functional groups attached to an aromatic ring is 1. The zero-order valence-electron chi connectivity index (χ0n) is 13.2. The van der Waals surface area contributed by atoms with Gasteiger partial charge in [-0.25, -0.2) is 4.98 Å². The summed E-state index contributed by atoms with van der Waals surface area (Å²) >= 11 is 6.01. The van der Waals surface area contributed by atoms with Gasteiger partial charge >= 0.3 is 0 Å². The van der Waals surface area contributed by atoms with E-state index in [9.17, 15) is 0 Å². The molecule has 7 nitrogen and oxygen atoms in total. The third-order valence-electron chi connectivity index (χ3n) is 4.14. The maximum absolute atomic E-state index is 6.20. The van der Waals surface area contributed by atoms with Crippen molar-refractivity contribution in [1.29, 1.82) is 0 Å². The summed E-state index contributed by atoms with van der Waals surface area (Å²) in [7, 11) is 1.80. The van der Waals surface area contributed by atoms with Crippen LogP contribution in [-0.4, -0.2) is 46.1 Å². The van der Waals surface area contributed by atoms with Gasteiger partial charge < -0.3 is 15.4 Å². The molecule has 1 fully saturated rings. The number of morpholine rings is 1. The number of anilines is 2. The fraction of sp³-hybridized carbons (Fsp3) is 0.312. The predicted molar refractivity (Wildman–Crippen MR) is 94.2 cm³/mol. The van der Waals surface area contributed by atoms with E-state index >= 15 is 0 Å². The highest BCUT2D eigenvalue weighted by atomic mass is 35.5. The summed E-state index contributed by atoms with van der Waals surface area (Å²) in [6, 6.07) is 7.54. The maximum Gasteiger partial charge on any atom is 0.228 e. The van der Waals surface area contributed by atoms with Crippen molar-refractivity contribution in [3.8, 4) is 11.3 Å². The number of rotatable bonds is 2. The van der Waals surface area contributed by atoms with Crippen LogP contribution in [-0.2, 0) is 11.8 Å². The Morgan fingerprint density at radius 3 is 2.54 bits per heavy atom. The van der Waals surface area contributed by atoms with Crippen molar-refractivity contribution in [3.05, 3.63) is 29.3 Å². The highest BCUT2D eigenvalue weighted by Crippen LogP contribution is 2.32. The molecule has 24 heavy (non-hydrogen) atoms. The zero-order valence-corrected chi connectivity index (χ0v) is 14.0. The number of hydrogen-bond donors (Lipinski definition) is 1. The first-order valence-electron chi connectivity index (χ1n) is 7.72. The largest absolute Gasteiger partial charge is 0.383 e. The van der Waals surface area contributed by atoms with E-state index < -0.39 is 0 Å². The minimum absolute atomic E-state index is 0.545. The first-order valence-corrected chi connectivity index (χ1v) is 8.10. The summed E-state index contributed by atoms with van der Waals surface area (Å²) < 4.78 is 7.04. The molecule has 1 aliphatic rings. The monoisotopic (exact) mass is 344 g/mol. The van der Waals surface area contributed by atoms with Crippen molar-refractivity contribution in [2.45, 2.75) is 0 Å². The first-order chi connectivity index (χ1) is 11.6. The number of benzene rings is 1. The molecule has 0 aliphatic carbocycles. The number of ether oxygens (including phenoxy) is 1. The Bertz CT molecular complexity index is 886. The second kappa shape index (κ2) is 5.92. The molecule has 0 spiro atoms. The van der Waals surface area contributed by atoms with E-state index in [1.807, 2.05) is 24.3 Å². The molecule has 0 saturated carbocycles. The summed E-state index contributed by atoms with van der Waals surface area (Å²) in [6.07, 6.45) is 0. The fourth-order valence-electron chi connectivity index (χ4n) is 2.82. The van der Waals surface area contributed by atoms with Crippen LogP contribution < -0.4 is 10.6 Å². The van der Waals surface area contributed by atoms with E-state index in [-0.39, 0.29) is 0 Å². The molecule has 3 heterocycles. The van der Waals surface area contributed by atoms with Crippen molar-refractivity contribution in [1.82, 2.24) is 19.7 Å². The number of nitrogens with two attached hydrogens (primary N) is 1. The molecule has 0 amide bonds. The Morgan fingerprint density at radius 2 is 1.83 bits per heavy atom. The predicted octanol–water partition coefficient (Wildman–Crippen LogP) is 2.10. The van der Waals surface area contributed by atoms with E-state index in [2.05, 4.69) is 15.0 Å². The number of halogens is 1. The summed E-state index contributed by atoms with van der Waals surface area (Å²) in [5.74, 6) is 1.19. The van der Waals surface area contributed by atoms with E-state index in [1.54, 1.807) is 11.7 Å². The normalized spacial score (nSPS) is 15.2. The van der Waals surface area contributed by atoms with Gasteiger partial charge in [0.2, 0.25) is 5.95 Å². The highest BCUT2D eigenvalue weighted by molar-refractivity contribution is 6.30. The Kier molecular flexibility index (Phi) is 3.74. The van der Waals surface area contributed by atoms with Crippen molar-refractivity contribution >= 4 is 34.4 Å². The molecule has 0 unspecified atom stereocenters. The van der Waals surface area contributed by atoms with Gasteiger partial charge in [0.05, 0.1) is 24.3 Å². The van der Waals surface area contributed by atoms with Gasteiger partial charge in [0.15, 0.2) is 5.65 Å². The summed E-state index contributed by atoms with van der Waals surface area (Å²) in [6.45, 7) is 2.85. The summed E-state index contributed by atoms with van der Waals surface area (Å²) in [5.41, 5.74) is 8.49. The lowest BCUT2D eigenvalue weighted by atomic mass is 10.1. The van der Waals surface area contributed by atoms with E-state index in [0.29, 0.717) is 35.6 Å². The maximum atomic E-state index is 6.20. The van der Waals surface area contributed by atoms with Crippen LogP contribution in [0.4, 0.5) is 11.8 Å². The van der Waals surface area contributed by atoms with Crippen LogP contribution in [0.15, 0.2) is 24.3 Å². The van der Waals surface area contributed by atoms with Gasteiger partial charge in [0.1, 0.15) is 5.82 Å². The molecule has 3 aromatic rings. The molecule has 2 aromatic heterocycles. The van der Waals surface area contributed by atoms with Gasteiger partial charge in [-0.1, -0.05) is 23.7 Å². The van der Waals surface area contributed by atoms with E-state index in [1.165, 1.54) is 0 Å². The van der Waals surface area contributed by atoms with Gasteiger partial charge in [-0.3, -0.25) is 4.68 Å². The lowest BCUT2D eigenvalue weighted by Gasteiger charge is -2.27. The zero-order chi connectivity index (χ0) is 16.7. The number of aryl methyl sites for hydroxylation is 1. The molecule has 8 heteroatoms. The van der Waals surface area contributed by atoms with Gasteiger partial charge in [0, 0.05) is 30.7 Å². The number of hydrogen-bond acceptors (Lipinski definition) is 6. The van der Waals surface area contributed by atoms with Crippen molar-refractivity contribution in [2.24, 2.45) is 7.05 Å². The standard InChI is InChI=1S/C16H17ClN6O/c1-22-14(18)12-13(10-2-4-11(17)5-3-10)19-16(20-15(12)21-22)23-6-8-24-9-7-23/h2-5H,6-9,18H2,1H3. The molecule has 1 aromatic carbocycles. The quantitative estimate of drug-likeness (QED) is 0.766. The Morgan fingerprint density at radius 1 is 1.12 bits per heavy atom. The summed E-state index contributed by atoms with van der Waals surface area (Å²) in [5, 5.41) is 5.87.